The Kier molecular flexibility index (Phi) is 8.44. The van der Waals surface area contributed by atoms with E-state index < -0.39 is 16.9 Å². The number of non-ortho nitro benzene ring substituents is 1. The van der Waals surface area contributed by atoms with Crippen LogP contribution in [0.5, 0.6) is 5.75 Å². The van der Waals surface area contributed by atoms with Gasteiger partial charge >= 0.3 is 5.97 Å². The summed E-state index contributed by atoms with van der Waals surface area (Å²) in [6, 6.07) is 22.4. The van der Waals surface area contributed by atoms with Crippen molar-refractivity contribution in [3.63, 3.8) is 0 Å². The predicted octanol–water partition coefficient (Wildman–Crippen LogP) is 4.92. The van der Waals surface area contributed by atoms with Gasteiger partial charge in [-0.05, 0) is 47.7 Å². The zero-order valence-corrected chi connectivity index (χ0v) is 24.2. The van der Waals surface area contributed by atoms with E-state index in [0.29, 0.717) is 38.5 Å². The van der Waals surface area contributed by atoms with Crippen LogP contribution >= 0.6 is 11.3 Å². The normalized spacial score (nSPS) is 14.9. The van der Waals surface area contributed by atoms with Crippen LogP contribution in [0.4, 0.5) is 5.69 Å². The van der Waals surface area contributed by atoms with Gasteiger partial charge in [0, 0.05) is 12.1 Å². The van der Waals surface area contributed by atoms with Crippen LogP contribution in [-0.4, -0.2) is 22.1 Å². The van der Waals surface area contributed by atoms with Crippen molar-refractivity contribution in [1.29, 1.82) is 0 Å². The molecule has 4 aromatic rings. The minimum Gasteiger partial charge on any atom is -0.489 e. The molecule has 0 spiro atoms. The fraction of sp³-hybridized carbons (Fsp3) is 0.219. The molecule has 0 bridgehead atoms. The molecule has 1 unspecified atom stereocenters. The van der Waals surface area contributed by atoms with Crippen molar-refractivity contribution >= 4 is 29.1 Å². The van der Waals surface area contributed by atoms with E-state index in [2.05, 4.69) is 4.99 Å². The van der Waals surface area contributed by atoms with Crippen molar-refractivity contribution in [2.24, 2.45) is 10.9 Å². The summed E-state index contributed by atoms with van der Waals surface area (Å²) >= 11 is 1.16. The van der Waals surface area contributed by atoms with Gasteiger partial charge in [-0.3, -0.25) is 19.5 Å². The standard InChI is InChI=1S/C32H29N3O6S/c1-20(2)18-41-31(37)28-21(3)33-32-34(30(36)27(42-32)17-23-10-7-11-25(16-23)35(38)39)29(28)24-12-14-26(15-13-24)40-19-22-8-5-4-6-9-22/h4-17,20,29H,18-19H2,1-3H3. The lowest BCUT2D eigenvalue weighted by Gasteiger charge is -2.25. The van der Waals surface area contributed by atoms with E-state index in [0.717, 1.165) is 16.9 Å². The van der Waals surface area contributed by atoms with E-state index in [-0.39, 0.29) is 29.3 Å². The molecule has 1 aromatic heterocycles. The van der Waals surface area contributed by atoms with Crippen LogP contribution in [0, 0.1) is 16.0 Å². The van der Waals surface area contributed by atoms with Gasteiger partial charge in [0.15, 0.2) is 4.80 Å². The molecule has 10 heteroatoms. The summed E-state index contributed by atoms with van der Waals surface area (Å²) in [7, 11) is 0. The molecule has 9 nitrogen and oxygen atoms in total. The summed E-state index contributed by atoms with van der Waals surface area (Å²) in [5, 5.41) is 11.3. The maximum absolute atomic E-state index is 13.8. The third-order valence-electron chi connectivity index (χ3n) is 6.61. The average molecular weight is 584 g/mol. The minimum absolute atomic E-state index is 0.0741. The molecule has 3 aromatic carbocycles. The molecule has 5 rings (SSSR count). The van der Waals surface area contributed by atoms with Gasteiger partial charge in [0.2, 0.25) is 0 Å². The first kappa shape index (κ1) is 28.7. The van der Waals surface area contributed by atoms with Gasteiger partial charge in [0.1, 0.15) is 12.4 Å². The van der Waals surface area contributed by atoms with Crippen LogP contribution in [0.1, 0.15) is 43.5 Å². The minimum atomic E-state index is -0.781. The summed E-state index contributed by atoms with van der Waals surface area (Å²) in [5.74, 6) is 0.239. The summed E-state index contributed by atoms with van der Waals surface area (Å²) in [5.41, 5.74) is 2.54. The van der Waals surface area contributed by atoms with Crippen molar-refractivity contribution in [2.45, 2.75) is 33.4 Å². The first-order valence-corrected chi connectivity index (χ1v) is 14.2. The Morgan fingerprint density at radius 2 is 1.83 bits per heavy atom. The molecule has 0 saturated carbocycles. The molecular weight excluding hydrogens is 554 g/mol. The Labute approximate surface area is 245 Å². The number of carbonyl (C=O) groups is 1. The quantitative estimate of drug-likeness (QED) is 0.157. The molecule has 214 valence electrons. The maximum Gasteiger partial charge on any atom is 0.338 e. The van der Waals surface area contributed by atoms with Gasteiger partial charge in [0.25, 0.3) is 11.2 Å². The monoisotopic (exact) mass is 583 g/mol. The number of hydrogen-bond donors (Lipinski definition) is 0. The Hall–Kier alpha value is -4.83. The summed E-state index contributed by atoms with van der Waals surface area (Å²) < 4.78 is 13.4. The third kappa shape index (κ3) is 6.23. The van der Waals surface area contributed by atoms with Crippen molar-refractivity contribution in [1.82, 2.24) is 4.57 Å². The zero-order valence-electron chi connectivity index (χ0n) is 23.4. The summed E-state index contributed by atoms with van der Waals surface area (Å²) in [6.07, 6.45) is 1.60. The molecular formula is C32H29N3O6S. The van der Waals surface area contributed by atoms with Gasteiger partial charge in [-0.15, -0.1) is 0 Å². The van der Waals surface area contributed by atoms with Crippen molar-refractivity contribution in [3.05, 3.63) is 137 Å². The number of benzene rings is 3. The van der Waals surface area contributed by atoms with E-state index in [1.807, 2.05) is 68.4 Å². The SMILES string of the molecule is CC1=C(C(=O)OCC(C)C)C(c2ccc(OCc3ccccc3)cc2)n2c(sc(=Cc3cccc([N+](=O)[O-])c3)c2=O)=N1. The van der Waals surface area contributed by atoms with Crippen LogP contribution in [0.2, 0.25) is 0 Å². The Morgan fingerprint density at radius 1 is 1.10 bits per heavy atom. The van der Waals surface area contributed by atoms with Crippen LogP contribution in [0.15, 0.2) is 99.9 Å². The van der Waals surface area contributed by atoms with Gasteiger partial charge in [-0.1, -0.05) is 79.8 Å². The number of ether oxygens (including phenoxy) is 2. The second kappa shape index (κ2) is 12.4. The predicted molar refractivity (Wildman–Crippen MR) is 160 cm³/mol. The highest BCUT2D eigenvalue weighted by Gasteiger charge is 2.33. The zero-order chi connectivity index (χ0) is 29.8. The number of fused-ring (bicyclic) bond motifs is 1. The Bertz CT molecular complexity index is 1840. The summed E-state index contributed by atoms with van der Waals surface area (Å²) in [6.45, 7) is 6.25. The number of aromatic nitrogens is 1. The van der Waals surface area contributed by atoms with E-state index >= 15 is 0 Å². The molecule has 0 amide bonds. The lowest BCUT2D eigenvalue weighted by Crippen LogP contribution is -2.40. The number of thiazole rings is 1. The highest BCUT2D eigenvalue weighted by molar-refractivity contribution is 7.07. The fourth-order valence-electron chi connectivity index (χ4n) is 4.58. The average Bonchev–Trinajstić information content (AvgIpc) is 3.28. The van der Waals surface area contributed by atoms with Crippen LogP contribution in [0.3, 0.4) is 0 Å². The van der Waals surface area contributed by atoms with E-state index in [4.69, 9.17) is 9.47 Å². The molecule has 1 atom stereocenters. The van der Waals surface area contributed by atoms with Gasteiger partial charge in [0.05, 0.1) is 33.4 Å². The fourth-order valence-corrected chi connectivity index (χ4v) is 5.63. The Morgan fingerprint density at radius 3 is 2.52 bits per heavy atom. The molecule has 0 aliphatic carbocycles. The highest BCUT2D eigenvalue weighted by atomic mass is 32.1. The number of esters is 1. The molecule has 0 fully saturated rings. The second-order valence-electron chi connectivity index (χ2n) is 10.3. The van der Waals surface area contributed by atoms with E-state index in [9.17, 15) is 19.7 Å². The Balaban J connectivity index is 1.56. The van der Waals surface area contributed by atoms with E-state index in [1.54, 1.807) is 25.1 Å². The number of hydrogen-bond acceptors (Lipinski definition) is 8. The van der Waals surface area contributed by atoms with Crippen molar-refractivity contribution < 1.29 is 19.2 Å². The molecule has 0 saturated heterocycles. The van der Waals surface area contributed by atoms with Gasteiger partial charge < -0.3 is 9.47 Å². The number of nitro groups is 1. The van der Waals surface area contributed by atoms with Crippen LogP contribution in [0.25, 0.3) is 6.08 Å². The lowest BCUT2D eigenvalue weighted by atomic mass is 9.96. The number of carbonyl (C=O) groups excluding carboxylic acids is 1. The first-order chi connectivity index (χ1) is 20.2. The number of rotatable bonds is 9. The van der Waals surface area contributed by atoms with E-state index in [1.165, 1.54) is 16.7 Å². The molecule has 1 aliphatic rings. The smallest absolute Gasteiger partial charge is 0.338 e. The van der Waals surface area contributed by atoms with Crippen molar-refractivity contribution in [3.8, 4) is 5.75 Å². The largest absolute Gasteiger partial charge is 0.489 e. The maximum atomic E-state index is 13.8. The topological polar surface area (TPSA) is 113 Å². The van der Waals surface area contributed by atoms with Gasteiger partial charge in [-0.25, -0.2) is 9.79 Å². The third-order valence-corrected chi connectivity index (χ3v) is 7.60. The molecule has 1 aliphatic heterocycles. The highest BCUT2D eigenvalue weighted by Crippen LogP contribution is 2.32. The number of nitro benzene ring substituents is 1. The molecule has 0 N–H and O–H groups in total. The number of nitrogens with zero attached hydrogens (tertiary/aromatic N) is 3. The molecule has 2 heterocycles. The summed E-state index contributed by atoms with van der Waals surface area (Å²) in [4.78, 5) is 43.0. The van der Waals surface area contributed by atoms with Crippen molar-refractivity contribution in [2.75, 3.05) is 6.61 Å². The first-order valence-electron chi connectivity index (χ1n) is 13.4. The van der Waals surface area contributed by atoms with Crippen LogP contribution < -0.4 is 19.6 Å². The lowest BCUT2D eigenvalue weighted by molar-refractivity contribution is -0.384. The second-order valence-corrected chi connectivity index (χ2v) is 11.3. The molecule has 0 radical (unpaired) electrons. The van der Waals surface area contributed by atoms with Crippen LogP contribution in [-0.2, 0) is 16.1 Å². The van der Waals surface area contributed by atoms with Gasteiger partial charge in [-0.2, -0.15) is 0 Å². The number of allylic oxidation sites excluding steroid dienone is 1. The molecule has 42 heavy (non-hydrogen) atoms.